The quantitative estimate of drug-likeness (QED) is 0.498. The highest BCUT2D eigenvalue weighted by atomic mass is 19.4. The van der Waals surface area contributed by atoms with Crippen LogP contribution in [0.2, 0.25) is 0 Å². The summed E-state index contributed by atoms with van der Waals surface area (Å²) >= 11 is 0. The van der Waals surface area contributed by atoms with Crippen molar-refractivity contribution in [1.29, 1.82) is 0 Å². The summed E-state index contributed by atoms with van der Waals surface area (Å²) in [7, 11) is 0. The molecule has 2 aromatic carbocycles. The van der Waals surface area contributed by atoms with Gasteiger partial charge in [-0.1, -0.05) is 36.4 Å². The maximum Gasteiger partial charge on any atom is 0.421 e. The number of rotatable bonds is 5. The van der Waals surface area contributed by atoms with Crippen molar-refractivity contribution in [3.05, 3.63) is 83.7 Å². The summed E-state index contributed by atoms with van der Waals surface area (Å²) < 4.78 is 52.6. The maximum absolute atomic E-state index is 13.3. The van der Waals surface area contributed by atoms with Gasteiger partial charge in [-0.15, -0.1) is 0 Å². The van der Waals surface area contributed by atoms with E-state index in [1.165, 1.54) is 42.5 Å². The Morgan fingerprint density at radius 3 is 2.12 bits per heavy atom. The number of benzene rings is 2. The van der Waals surface area contributed by atoms with Crippen LogP contribution in [0.5, 0.6) is 0 Å². The van der Waals surface area contributed by atoms with Gasteiger partial charge >= 0.3 is 6.18 Å². The Morgan fingerprint density at radius 2 is 1.58 bits per heavy atom. The molecule has 24 heavy (non-hydrogen) atoms. The van der Waals surface area contributed by atoms with Gasteiger partial charge in [0.2, 0.25) is 0 Å². The summed E-state index contributed by atoms with van der Waals surface area (Å²) in [6.45, 7) is 0. The average molecular weight is 338 g/mol. The molecule has 0 fully saturated rings. The number of carbonyl (C=O) groups excluding carboxylic acids is 1. The highest BCUT2D eigenvalue weighted by molar-refractivity contribution is 6.04. The van der Waals surface area contributed by atoms with Crippen LogP contribution in [0.15, 0.2) is 66.7 Å². The molecule has 0 radical (unpaired) electrons. The van der Waals surface area contributed by atoms with Crippen LogP contribution in [0.1, 0.15) is 22.3 Å². The molecule has 126 valence electrons. The second-order valence-electron chi connectivity index (χ2n) is 5.20. The lowest BCUT2D eigenvalue weighted by atomic mass is 9.89. The topological polar surface area (TPSA) is 37.3 Å². The molecule has 0 amide bonds. The largest absolute Gasteiger partial charge is 0.421 e. The van der Waals surface area contributed by atoms with Gasteiger partial charge in [-0.25, -0.2) is 4.39 Å². The first-order valence-corrected chi connectivity index (χ1v) is 7.05. The molecule has 2 aromatic rings. The maximum atomic E-state index is 13.3. The average Bonchev–Trinajstić information content (AvgIpc) is 2.55. The molecule has 0 heterocycles. The first-order valence-electron chi connectivity index (χ1n) is 7.05. The zero-order valence-corrected chi connectivity index (χ0v) is 12.4. The van der Waals surface area contributed by atoms with E-state index < -0.39 is 29.8 Å². The fraction of sp³-hybridized carbons (Fsp3) is 0.167. The summed E-state index contributed by atoms with van der Waals surface area (Å²) in [6, 6.07) is 11.3. The molecule has 0 spiro atoms. The lowest BCUT2D eigenvalue weighted by Crippen LogP contribution is -2.41. The predicted octanol–water partition coefficient (Wildman–Crippen LogP) is 4.40. The van der Waals surface area contributed by atoms with Gasteiger partial charge in [-0.2, -0.15) is 13.2 Å². The lowest BCUT2D eigenvalue weighted by molar-refractivity contribution is -0.265. The minimum absolute atomic E-state index is 0.142. The van der Waals surface area contributed by atoms with Crippen molar-refractivity contribution in [2.75, 3.05) is 0 Å². The van der Waals surface area contributed by atoms with Crippen molar-refractivity contribution >= 4 is 5.78 Å². The first kappa shape index (κ1) is 17.9. The second kappa shape index (κ2) is 6.97. The lowest BCUT2D eigenvalue weighted by Gasteiger charge is -2.30. The van der Waals surface area contributed by atoms with Crippen LogP contribution in [0, 0.1) is 5.82 Å². The van der Waals surface area contributed by atoms with E-state index in [0.29, 0.717) is 0 Å². The number of allylic oxidation sites excluding steroid dienone is 1. The van der Waals surface area contributed by atoms with Gasteiger partial charge in [-0.05, 0) is 35.9 Å². The van der Waals surface area contributed by atoms with Crippen molar-refractivity contribution in [1.82, 2.24) is 0 Å². The normalized spacial score (nSPS) is 14.5. The van der Waals surface area contributed by atoms with Crippen molar-refractivity contribution in [3.8, 4) is 0 Å². The fourth-order valence-corrected chi connectivity index (χ4v) is 2.16. The summed E-state index contributed by atoms with van der Waals surface area (Å²) in [5.41, 5.74) is -3.26. The molecule has 6 heteroatoms. The smallest absolute Gasteiger partial charge is 0.376 e. The van der Waals surface area contributed by atoms with Crippen LogP contribution >= 0.6 is 0 Å². The number of alkyl halides is 3. The Bertz CT molecular complexity index is 721. The molecule has 0 aliphatic rings. The number of aliphatic hydroxyl groups is 1. The van der Waals surface area contributed by atoms with E-state index in [1.54, 1.807) is 0 Å². The van der Waals surface area contributed by atoms with E-state index in [2.05, 4.69) is 0 Å². The molecule has 0 unspecified atom stereocenters. The van der Waals surface area contributed by atoms with Gasteiger partial charge in [0.05, 0.1) is 0 Å². The van der Waals surface area contributed by atoms with Crippen LogP contribution in [0.25, 0.3) is 0 Å². The van der Waals surface area contributed by atoms with Gasteiger partial charge in [-0.3, -0.25) is 4.79 Å². The Kier molecular flexibility index (Phi) is 5.19. The van der Waals surface area contributed by atoms with E-state index in [9.17, 15) is 27.5 Å². The molecule has 2 rings (SSSR count). The van der Waals surface area contributed by atoms with Crippen molar-refractivity contribution in [2.45, 2.75) is 18.2 Å². The zero-order valence-electron chi connectivity index (χ0n) is 12.4. The minimum atomic E-state index is -4.91. The standard InChI is InChI=1S/C18H14F4O2/c19-15-10-8-13(9-11-15)16(23)7-4-12-17(24,18(20,21)22)14-5-2-1-3-6-14/h1-11,24H,12H2/b7-4+/t17-/m0/s1. The summed E-state index contributed by atoms with van der Waals surface area (Å²) in [4.78, 5) is 11.9. The van der Waals surface area contributed by atoms with E-state index >= 15 is 0 Å². The molecule has 0 aliphatic carbocycles. The third kappa shape index (κ3) is 3.89. The molecular weight excluding hydrogens is 324 g/mol. The van der Waals surface area contributed by atoms with Gasteiger partial charge < -0.3 is 5.11 Å². The molecule has 1 atom stereocenters. The second-order valence-corrected chi connectivity index (χ2v) is 5.20. The van der Waals surface area contributed by atoms with Crippen molar-refractivity contribution in [3.63, 3.8) is 0 Å². The predicted molar refractivity (Wildman–Crippen MR) is 80.9 cm³/mol. The van der Waals surface area contributed by atoms with E-state index in [-0.39, 0.29) is 11.1 Å². The van der Waals surface area contributed by atoms with Crippen LogP contribution < -0.4 is 0 Å². The van der Waals surface area contributed by atoms with Crippen molar-refractivity contribution < 1.29 is 27.5 Å². The summed E-state index contributed by atoms with van der Waals surface area (Å²) in [5.74, 6) is -1.10. The molecule has 0 saturated heterocycles. The molecule has 1 N–H and O–H groups in total. The van der Waals surface area contributed by atoms with Gasteiger partial charge in [0.1, 0.15) is 5.82 Å². The van der Waals surface area contributed by atoms with Crippen LogP contribution in [0.4, 0.5) is 17.6 Å². The Hall–Kier alpha value is -2.47. The molecule has 0 saturated carbocycles. The van der Waals surface area contributed by atoms with Gasteiger partial charge in [0, 0.05) is 12.0 Å². The number of halogens is 4. The SMILES string of the molecule is O=C(/C=C/C[C@](O)(c1ccccc1)C(F)(F)F)c1ccc(F)cc1. The molecule has 0 aliphatic heterocycles. The monoisotopic (exact) mass is 338 g/mol. The van der Waals surface area contributed by atoms with E-state index in [0.717, 1.165) is 24.3 Å². The number of hydrogen-bond acceptors (Lipinski definition) is 2. The Morgan fingerprint density at radius 1 is 1.00 bits per heavy atom. The van der Waals surface area contributed by atoms with Gasteiger partial charge in [0.25, 0.3) is 0 Å². The fourth-order valence-electron chi connectivity index (χ4n) is 2.16. The zero-order chi connectivity index (χ0) is 17.8. The van der Waals surface area contributed by atoms with E-state index in [1.807, 2.05) is 0 Å². The molecule has 0 bridgehead atoms. The molecule has 0 aromatic heterocycles. The Balaban J connectivity index is 2.19. The number of ketones is 1. The van der Waals surface area contributed by atoms with E-state index in [4.69, 9.17) is 0 Å². The number of hydrogen-bond donors (Lipinski definition) is 1. The highest BCUT2D eigenvalue weighted by Crippen LogP contribution is 2.41. The van der Waals surface area contributed by atoms with Crippen molar-refractivity contribution in [2.24, 2.45) is 0 Å². The third-order valence-corrected chi connectivity index (χ3v) is 3.53. The minimum Gasteiger partial charge on any atom is -0.376 e. The molecule has 2 nitrogen and oxygen atoms in total. The van der Waals surface area contributed by atoms with Gasteiger partial charge in [0.15, 0.2) is 11.4 Å². The third-order valence-electron chi connectivity index (χ3n) is 3.53. The summed E-state index contributed by atoms with van der Waals surface area (Å²) in [5, 5.41) is 10.1. The molecular formula is C18H14F4O2. The van der Waals surface area contributed by atoms with Crippen LogP contribution in [0.3, 0.4) is 0 Å². The highest BCUT2D eigenvalue weighted by Gasteiger charge is 2.53. The number of carbonyl (C=O) groups is 1. The Labute approximate surface area is 136 Å². The summed E-state index contributed by atoms with van der Waals surface area (Å²) in [6.07, 6.45) is -3.82. The van der Waals surface area contributed by atoms with Crippen LogP contribution in [-0.2, 0) is 5.60 Å². The van der Waals surface area contributed by atoms with Crippen LogP contribution in [-0.4, -0.2) is 17.1 Å². The first-order chi connectivity index (χ1) is 11.2.